The van der Waals surface area contributed by atoms with E-state index < -0.39 is 0 Å². The highest BCUT2D eigenvalue weighted by atomic mass is 14.6. The first kappa shape index (κ1) is 9.96. The summed E-state index contributed by atoms with van der Waals surface area (Å²) in [6.07, 6.45) is 0. The van der Waals surface area contributed by atoms with E-state index in [9.17, 15) is 0 Å². The number of hydrogen-bond donors (Lipinski definition) is 0. The van der Waals surface area contributed by atoms with Crippen molar-refractivity contribution in [2.24, 2.45) is 0 Å². The van der Waals surface area contributed by atoms with E-state index in [1.807, 2.05) is 30.3 Å². The summed E-state index contributed by atoms with van der Waals surface area (Å²) in [7, 11) is 0. The summed E-state index contributed by atoms with van der Waals surface area (Å²) in [6.45, 7) is 7.08. The second-order valence-corrected chi connectivity index (χ2v) is 3.32. The first-order valence-electron chi connectivity index (χ1n) is 4.82. The van der Waals surface area contributed by atoms with Crippen LogP contribution in [-0.4, -0.2) is 0 Å². The standard InChI is InChI=1S/C14H8N2/c1-16-14-5-3-2-4-13(14)12-8-6-11(10-15)7-9-12/h2-9H. The van der Waals surface area contributed by atoms with Crippen LogP contribution in [0.1, 0.15) is 5.56 Å². The molecule has 0 aliphatic rings. The van der Waals surface area contributed by atoms with Crippen LogP contribution in [0.5, 0.6) is 0 Å². The first-order chi connectivity index (χ1) is 7.85. The normalized spacial score (nSPS) is 9.12. The maximum atomic E-state index is 8.70. The van der Waals surface area contributed by atoms with Gasteiger partial charge in [-0.1, -0.05) is 36.4 Å². The van der Waals surface area contributed by atoms with Gasteiger partial charge in [0.05, 0.1) is 18.2 Å². The maximum absolute atomic E-state index is 8.70. The third-order valence-electron chi connectivity index (χ3n) is 2.35. The summed E-state index contributed by atoms with van der Waals surface area (Å²) in [5.41, 5.74) is 3.13. The summed E-state index contributed by atoms with van der Waals surface area (Å²) in [6, 6.07) is 16.8. The molecule has 2 nitrogen and oxygen atoms in total. The summed E-state index contributed by atoms with van der Waals surface area (Å²) in [4.78, 5) is 3.47. The highest BCUT2D eigenvalue weighted by Gasteiger charge is 2.03. The fraction of sp³-hybridized carbons (Fsp3) is 0. The van der Waals surface area contributed by atoms with Crippen LogP contribution >= 0.6 is 0 Å². The minimum absolute atomic E-state index is 0.629. The van der Waals surface area contributed by atoms with Crippen molar-refractivity contribution < 1.29 is 0 Å². The van der Waals surface area contributed by atoms with Gasteiger partial charge in [-0.2, -0.15) is 5.26 Å². The predicted octanol–water partition coefficient (Wildman–Crippen LogP) is 3.78. The highest BCUT2D eigenvalue weighted by molar-refractivity contribution is 5.78. The number of hydrogen-bond acceptors (Lipinski definition) is 1. The van der Waals surface area contributed by atoms with Crippen molar-refractivity contribution >= 4 is 5.69 Å². The third-order valence-corrected chi connectivity index (χ3v) is 2.35. The van der Waals surface area contributed by atoms with E-state index >= 15 is 0 Å². The van der Waals surface area contributed by atoms with Crippen LogP contribution in [0.25, 0.3) is 16.0 Å². The lowest BCUT2D eigenvalue weighted by molar-refractivity contribution is 1.48. The van der Waals surface area contributed by atoms with E-state index in [2.05, 4.69) is 10.9 Å². The second kappa shape index (κ2) is 4.29. The summed E-state index contributed by atoms with van der Waals surface area (Å²) >= 11 is 0. The molecular formula is C14H8N2. The van der Waals surface area contributed by atoms with Gasteiger partial charge in [-0.05, 0) is 23.3 Å². The van der Waals surface area contributed by atoms with Gasteiger partial charge in [-0.25, -0.2) is 4.85 Å². The molecular weight excluding hydrogens is 196 g/mol. The SMILES string of the molecule is [C-]#[N+]c1ccccc1-c1ccc(C#N)cc1. The molecule has 0 saturated carbocycles. The Labute approximate surface area is 94.2 Å². The molecule has 0 saturated heterocycles. The minimum Gasteiger partial charge on any atom is -0.238 e. The van der Waals surface area contributed by atoms with Crippen molar-refractivity contribution in [2.75, 3.05) is 0 Å². The van der Waals surface area contributed by atoms with Crippen molar-refractivity contribution in [1.29, 1.82) is 5.26 Å². The van der Waals surface area contributed by atoms with Crippen LogP contribution in [0.15, 0.2) is 48.5 Å². The molecule has 2 heteroatoms. The zero-order chi connectivity index (χ0) is 11.4. The summed E-state index contributed by atoms with van der Waals surface area (Å²) in [5, 5.41) is 8.70. The molecule has 0 atom stereocenters. The van der Waals surface area contributed by atoms with Crippen molar-refractivity contribution in [2.45, 2.75) is 0 Å². The molecule has 2 rings (SSSR count). The molecule has 0 spiro atoms. The van der Waals surface area contributed by atoms with E-state index in [0.717, 1.165) is 11.1 Å². The van der Waals surface area contributed by atoms with E-state index in [1.165, 1.54) is 0 Å². The van der Waals surface area contributed by atoms with Crippen LogP contribution in [0.4, 0.5) is 5.69 Å². The van der Waals surface area contributed by atoms with Gasteiger partial charge in [0.25, 0.3) is 0 Å². The van der Waals surface area contributed by atoms with E-state index in [1.54, 1.807) is 18.2 Å². The fourth-order valence-corrected chi connectivity index (χ4v) is 1.54. The summed E-state index contributed by atoms with van der Waals surface area (Å²) in [5.74, 6) is 0. The van der Waals surface area contributed by atoms with Gasteiger partial charge in [-0.3, -0.25) is 0 Å². The van der Waals surface area contributed by atoms with Gasteiger partial charge in [-0.15, -0.1) is 0 Å². The maximum Gasteiger partial charge on any atom is 0.194 e. The molecule has 74 valence electrons. The van der Waals surface area contributed by atoms with Crippen LogP contribution in [0, 0.1) is 17.9 Å². The molecule has 2 aromatic carbocycles. The molecule has 0 aromatic heterocycles. The molecule has 0 N–H and O–H groups in total. The zero-order valence-electron chi connectivity index (χ0n) is 8.51. The number of para-hydroxylation sites is 1. The van der Waals surface area contributed by atoms with Crippen LogP contribution in [0.2, 0.25) is 0 Å². The van der Waals surface area contributed by atoms with Gasteiger partial charge in [0.1, 0.15) is 0 Å². The average Bonchev–Trinajstić information content (AvgIpc) is 2.39. The average molecular weight is 204 g/mol. The quantitative estimate of drug-likeness (QED) is 0.650. The minimum atomic E-state index is 0.629. The molecule has 0 radical (unpaired) electrons. The Morgan fingerprint density at radius 1 is 1.00 bits per heavy atom. The Morgan fingerprint density at radius 2 is 1.69 bits per heavy atom. The molecule has 0 amide bonds. The van der Waals surface area contributed by atoms with Gasteiger partial charge in [0.15, 0.2) is 5.69 Å². The lowest BCUT2D eigenvalue weighted by Crippen LogP contribution is -1.79. The lowest BCUT2D eigenvalue weighted by Gasteiger charge is -2.03. The van der Waals surface area contributed by atoms with Crippen LogP contribution < -0.4 is 0 Å². The Bertz CT molecular complexity index is 583. The molecule has 2 aromatic rings. The van der Waals surface area contributed by atoms with Gasteiger partial charge in [0, 0.05) is 0 Å². The van der Waals surface area contributed by atoms with Crippen molar-refractivity contribution in [3.8, 4) is 17.2 Å². The topological polar surface area (TPSA) is 28.1 Å². The number of nitrogens with zero attached hydrogens (tertiary/aromatic N) is 2. The van der Waals surface area contributed by atoms with Crippen molar-refractivity contribution in [3.63, 3.8) is 0 Å². The lowest BCUT2D eigenvalue weighted by atomic mass is 10.0. The molecule has 0 aliphatic carbocycles. The van der Waals surface area contributed by atoms with E-state index in [4.69, 9.17) is 11.8 Å². The smallest absolute Gasteiger partial charge is 0.194 e. The van der Waals surface area contributed by atoms with Crippen molar-refractivity contribution in [1.82, 2.24) is 0 Å². The molecule has 0 fully saturated rings. The second-order valence-electron chi connectivity index (χ2n) is 3.32. The molecule has 0 bridgehead atoms. The predicted molar refractivity (Wildman–Crippen MR) is 62.9 cm³/mol. The Balaban J connectivity index is 2.52. The third kappa shape index (κ3) is 1.78. The van der Waals surface area contributed by atoms with Crippen LogP contribution in [0.3, 0.4) is 0 Å². The van der Waals surface area contributed by atoms with E-state index in [-0.39, 0.29) is 0 Å². The Hall–Kier alpha value is -2.58. The fourth-order valence-electron chi connectivity index (χ4n) is 1.54. The molecule has 16 heavy (non-hydrogen) atoms. The van der Waals surface area contributed by atoms with Crippen molar-refractivity contribution in [3.05, 3.63) is 65.5 Å². The molecule has 0 unspecified atom stereocenters. The number of rotatable bonds is 1. The molecule has 0 aliphatic heterocycles. The molecule has 0 heterocycles. The Kier molecular flexibility index (Phi) is 2.67. The zero-order valence-corrected chi connectivity index (χ0v) is 8.51. The van der Waals surface area contributed by atoms with Crippen LogP contribution in [-0.2, 0) is 0 Å². The van der Waals surface area contributed by atoms with Gasteiger partial charge < -0.3 is 0 Å². The highest BCUT2D eigenvalue weighted by Crippen LogP contribution is 2.29. The first-order valence-corrected chi connectivity index (χ1v) is 4.82. The monoisotopic (exact) mass is 204 g/mol. The Morgan fingerprint density at radius 3 is 2.31 bits per heavy atom. The van der Waals surface area contributed by atoms with E-state index in [0.29, 0.717) is 11.3 Å². The van der Waals surface area contributed by atoms with Gasteiger partial charge in [0.2, 0.25) is 0 Å². The number of benzene rings is 2. The summed E-state index contributed by atoms with van der Waals surface area (Å²) < 4.78 is 0. The largest absolute Gasteiger partial charge is 0.238 e. The van der Waals surface area contributed by atoms with Gasteiger partial charge >= 0.3 is 0 Å². The number of nitriles is 1.